The molecule has 0 atom stereocenters. The Morgan fingerprint density at radius 3 is 2.69 bits per heavy atom. The summed E-state index contributed by atoms with van der Waals surface area (Å²) in [5.41, 5.74) is 1.10. The van der Waals surface area contributed by atoms with Crippen LogP contribution in [-0.2, 0) is 6.54 Å². The molecule has 0 aliphatic heterocycles. The van der Waals surface area contributed by atoms with Gasteiger partial charge < -0.3 is 14.8 Å². The summed E-state index contributed by atoms with van der Waals surface area (Å²) in [7, 11) is 3.30. The average molecular weight is 219 g/mol. The lowest BCUT2D eigenvalue weighted by molar-refractivity contribution is 0.390. The van der Waals surface area contributed by atoms with E-state index in [1.807, 2.05) is 25.1 Å². The molecule has 1 N–H and O–H groups in total. The van der Waals surface area contributed by atoms with E-state index in [0.717, 1.165) is 23.6 Å². The third-order valence-corrected chi connectivity index (χ3v) is 2.20. The average Bonchev–Trinajstić information content (AvgIpc) is 2.34. The molecule has 0 saturated heterocycles. The lowest BCUT2D eigenvalue weighted by Crippen LogP contribution is -2.13. The molecule has 1 aromatic carbocycles. The van der Waals surface area contributed by atoms with Crippen molar-refractivity contribution < 1.29 is 9.47 Å². The summed E-state index contributed by atoms with van der Waals surface area (Å²) in [6, 6.07) is 5.79. The maximum atomic E-state index is 5.29. The molecule has 0 heterocycles. The van der Waals surface area contributed by atoms with E-state index < -0.39 is 0 Å². The minimum absolute atomic E-state index is 0.686. The van der Waals surface area contributed by atoms with Crippen LogP contribution in [0.25, 0.3) is 0 Å². The van der Waals surface area contributed by atoms with Crippen LogP contribution in [-0.4, -0.2) is 20.8 Å². The zero-order chi connectivity index (χ0) is 11.8. The Balaban J connectivity index is 2.66. The summed E-state index contributed by atoms with van der Waals surface area (Å²) in [6.07, 6.45) is 0. The van der Waals surface area contributed by atoms with Crippen molar-refractivity contribution in [1.29, 1.82) is 0 Å². The molecule has 1 rings (SSSR count). The van der Waals surface area contributed by atoms with Gasteiger partial charge in [-0.15, -0.1) is 5.92 Å². The van der Waals surface area contributed by atoms with Crippen molar-refractivity contribution >= 4 is 0 Å². The molecule has 0 fully saturated rings. The van der Waals surface area contributed by atoms with Gasteiger partial charge in [0.05, 0.1) is 20.8 Å². The zero-order valence-electron chi connectivity index (χ0n) is 9.96. The molecule has 0 bridgehead atoms. The highest BCUT2D eigenvalue weighted by Gasteiger charge is 2.03. The molecule has 86 valence electrons. The van der Waals surface area contributed by atoms with E-state index in [1.54, 1.807) is 14.2 Å². The monoisotopic (exact) mass is 219 g/mol. The number of hydrogen-bond donors (Lipinski definition) is 1. The summed E-state index contributed by atoms with van der Waals surface area (Å²) in [5.74, 6) is 7.42. The van der Waals surface area contributed by atoms with Gasteiger partial charge in [0.2, 0.25) is 0 Å². The Kier molecular flexibility index (Phi) is 5.24. The van der Waals surface area contributed by atoms with Gasteiger partial charge in [-0.25, -0.2) is 0 Å². The van der Waals surface area contributed by atoms with Crippen LogP contribution < -0.4 is 14.8 Å². The van der Waals surface area contributed by atoms with Gasteiger partial charge in [-0.1, -0.05) is 12.0 Å². The lowest BCUT2D eigenvalue weighted by Gasteiger charge is -2.10. The molecule has 0 amide bonds. The first kappa shape index (κ1) is 12.4. The summed E-state index contributed by atoms with van der Waals surface area (Å²) in [6.45, 7) is 3.25. The van der Waals surface area contributed by atoms with E-state index in [1.165, 1.54) is 0 Å². The number of ether oxygens (including phenoxy) is 2. The van der Waals surface area contributed by atoms with E-state index in [9.17, 15) is 0 Å². The molecule has 0 aliphatic rings. The maximum Gasteiger partial charge on any atom is 0.127 e. The van der Waals surface area contributed by atoms with Gasteiger partial charge in [0.1, 0.15) is 11.5 Å². The summed E-state index contributed by atoms with van der Waals surface area (Å²) in [5, 5.41) is 3.22. The molecule has 0 aliphatic carbocycles. The van der Waals surface area contributed by atoms with E-state index in [-0.39, 0.29) is 0 Å². The van der Waals surface area contributed by atoms with Crippen LogP contribution in [0, 0.1) is 11.8 Å². The second kappa shape index (κ2) is 6.76. The minimum atomic E-state index is 0.686. The number of nitrogens with one attached hydrogen (secondary N) is 1. The van der Waals surface area contributed by atoms with Crippen LogP contribution in [0.1, 0.15) is 12.5 Å². The number of hydrogen-bond acceptors (Lipinski definition) is 3. The fraction of sp³-hybridized carbons (Fsp3) is 0.385. The van der Waals surface area contributed by atoms with Gasteiger partial charge in [-0.3, -0.25) is 0 Å². The van der Waals surface area contributed by atoms with Crippen LogP contribution in [0.5, 0.6) is 11.5 Å². The van der Waals surface area contributed by atoms with Gasteiger partial charge in [-0.05, 0) is 13.0 Å². The minimum Gasteiger partial charge on any atom is -0.497 e. The molecule has 0 aromatic heterocycles. The topological polar surface area (TPSA) is 30.5 Å². The first-order chi connectivity index (χ1) is 7.81. The predicted octanol–water partition coefficient (Wildman–Crippen LogP) is 1.82. The molecule has 3 heteroatoms. The van der Waals surface area contributed by atoms with Gasteiger partial charge in [0.25, 0.3) is 0 Å². The standard InChI is InChI=1S/C13H17NO2/c1-4-5-8-14-10-11-6-7-12(15-2)9-13(11)16-3/h6-7,9,14H,8,10H2,1-3H3. The molecule has 3 nitrogen and oxygen atoms in total. The Labute approximate surface area is 96.8 Å². The number of methoxy groups -OCH3 is 2. The van der Waals surface area contributed by atoms with Crippen molar-refractivity contribution in [2.45, 2.75) is 13.5 Å². The highest BCUT2D eigenvalue weighted by atomic mass is 16.5. The van der Waals surface area contributed by atoms with Crippen LogP contribution >= 0.6 is 0 Å². The lowest BCUT2D eigenvalue weighted by atomic mass is 10.2. The Morgan fingerprint density at radius 1 is 1.25 bits per heavy atom. The second-order valence-electron chi connectivity index (χ2n) is 3.21. The van der Waals surface area contributed by atoms with Gasteiger partial charge in [-0.2, -0.15) is 0 Å². The fourth-order valence-corrected chi connectivity index (χ4v) is 1.35. The van der Waals surface area contributed by atoms with Gasteiger partial charge in [0.15, 0.2) is 0 Å². The third kappa shape index (κ3) is 3.48. The molecule has 16 heavy (non-hydrogen) atoms. The molecule has 0 unspecified atom stereocenters. The molecular formula is C13H17NO2. The fourth-order valence-electron chi connectivity index (χ4n) is 1.35. The number of rotatable bonds is 5. The SMILES string of the molecule is CC#CCNCc1ccc(OC)cc1OC. The Bertz CT molecular complexity index is 391. The van der Waals surface area contributed by atoms with E-state index in [4.69, 9.17) is 9.47 Å². The van der Waals surface area contributed by atoms with E-state index in [2.05, 4.69) is 17.2 Å². The van der Waals surface area contributed by atoms with Gasteiger partial charge in [0, 0.05) is 18.2 Å². The summed E-state index contributed by atoms with van der Waals surface area (Å²) < 4.78 is 10.4. The molecule has 0 saturated carbocycles. The second-order valence-corrected chi connectivity index (χ2v) is 3.21. The zero-order valence-corrected chi connectivity index (χ0v) is 9.96. The highest BCUT2D eigenvalue weighted by Crippen LogP contribution is 2.24. The summed E-state index contributed by atoms with van der Waals surface area (Å²) in [4.78, 5) is 0. The third-order valence-electron chi connectivity index (χ3n) is 2.20. The van der Waals surface area contributed by atoms with Crippen molar-refractivity contribution in [3.63, 3.8) is 0 Å². The summed E-state index contributed by atoms with van der Waals surface area (Å²) >= 11 is 0. The van der Waals surface area contributed by atoms with Crippen LogP contribution in [0.3, 0.4) is 0 Å². The maximum absolute atomic E-state index is 5.29. The molecule has 0 radical (unpaired) electrons. The largest absolute Gasteiger partial charge is 0.497 e. The van der Waals surface area contributed by atoms with Crippen molar-refractivity contribution in [1.82, 2.24) is 5.32 Å². The molecular weight excluding hydrogens is 202 g/mol. The Morgan fingerprint density at radius 2 is 2.06 bits per heavy atom. The molecule has 0 spiro atoms. The quantitative estimate of drug-likeness (QED) is 0.605. The van der Waals surface area contributed by atoms with Crippen molar-refractivity contribution in [2.24, 2.45) is 0 Å². The first-order valence-electron chi connectivity index (χ1n) is 5.13. The van der Waals surface area contributed by atoms with Crippen LogP contribution in [0.15, 0.2) is 18.2 Å². The predicted molar refractivity (Wildman–Crippen MR) is 64.7 cm³/mol. The van der Waals surface area contributed by atoms with E-state index >= 15 is 0 Å². The number of benzene rings is 1. The van der Waals surface area contributed by atoms with Crippen molar-refractivity contribution in [2.75, 3.05) is 20.8 Å². The van der Waals surface area contributed by atoms with Gasteiger partial charge >= 0.3 is 0 Å². The smallest absolute Gasteiger partial charge is 0.127 e. The highest BCUT2D eigenvalue weighted by molar-refractivity contribution is 5.40. The van der Waals surface area contributed by atoms with E-state index in [0.29, 0.717) is 6.54 Å². The Hall–Kier alpha value is -1.66. The van der Waals surface area contributed by atoms with Crippen LogP contribution in [0.4, 0.5) is 0 Å². The van der Waals surface area contributed by atoms with Crippen LogP contribution in [0.2, 0.25) is 0 Å². The van der Waals surface area contributed by atoms with Crippen molar-refractivity contribution in [3.05, 3.63) is 23.8 Å². The normalized spacial score (nSPS) is 9.19. The van der Waals surface area contributed by atoms with Crippen molar-refractivity contribution in [3.8, 4) is 23.3 Å². The molecule has 1 aromatic rings. The first-order valence-corrected chi connectivity index (χ1v) is 5.13.